The number of hydrogen-bond donors (Lipinski definition) is 2. The number of non-ortho nitro benzene ring substituents is 1. The molecule has 0 fully saturated rings. The molecule has 0 atom stereocenters. The molecule has 10 heteroatoms. The lowest BCUT2D eigenvalue weighted by Gasteiger charge is -2.07. The molecule has 0 aliphatic rings. The Kier molecular flexibility index (Phi) is 6.21. The summed E-state index contributed by atoms with van der Waals surface area (Å²) in [5.74, 6) is -0.355. The predicted molar refractivity (Wildman–Crippen MR) is 73.2 cm³/mol. The van der Waals surface area contributed by atoms with Crippen LogP contribution < -0.4 is 10.0 Å². The van der Waals surface area contributed by atoms with Crippen molar-refractivity contribution >= 4 is 21.6 Å². The van der Waals surface area contributed by atoms with Gasteiger partial charge in [-0.25, -0.2) is 13.1 Å². The fourth-order valence-corrected chi connectivity index (χ4v) is 2.43. The van der Waals surface area contributed by atoms with Crippen LogP contribution in [0.15, 0.2) is 29.2 Å². The molecule has 116 valence electrons. The molecular formula is C11H15N3O6S. The number of ether oxygens (including phenoxy) is 1. The van der Waals surface area contributed by atoms with E-state index in [0.717, 1.165) is 24.3 Å². The number of amides is 1. The number of methoxy groups -OCH3 is 1. The van der Waals surface area contributed by atoms with E-state index in [1.54, 1.807) is 0 Å². The number of nitro groups is 1. The minimum Gasteiger partial charge on any atom is -0.375 e. The normalized spacial score (nSPS) is 11.1. The summed E-state index contributed by atoms with van der Waals surface area (Å²) in [6, 6.07) is 4.50. The van der Waals surface area contributed by atoms with Gasteiger partial charge in [0, 0.05) is 32.3 Å². The molecule has 9 nitrogen and oxygen atoms in total. The first-order valence-electron chi connectivity index (χ1n) is 5.86. The van der Waals surface area contributed by atoms with Crippen molar-refractivity contribution in [2.24, 2.45) is 0 Å². The highest BCUT2D eigenvalue weighted by Gasteiger charge is 2.15. The summed E-state index contributed by atoms with van der Waals surface area (Å²) in [5, 5.41) is 12.9. The summed E-state index contributed by atoms with van der Waals surface area (Å²) >= 11 is 0. The monoisotopic (exact) mass is 317 g/mol. The highest BCUT2D eigenvalue weighted by molar-refractivity contribution is 7.89. The smallest absolute Gasteiger partial charge is 0.269 e. The molecule has 0 spiro atoms. The van der Waals surface area contributed by atoms with Gasteiger partial charge in [0.25, 0.3) is 5.69 Å². The number of sulfonamides is 1. The molecule has 0 unspecified atom stereocenters. The molecule has 0 radical (unpaired) electrons. The van der Waals surface area contributed by atoms with E-state index in [1.165, 1.54) is 7.11 Å². The first-order chi connectivity index (χ1) is 9.86. The predicted octanol–water partition coefficient (Wildman–Crippen LogP) is -0.364. The number of nitro benzene ring substituents is 1. The third kappa shape index (κ3) is 5.45. The Balaban J connectivity index is 2.53. The lowest BCUT2D eigenvalue weighted by molar-refractivity contribution is -0.384. The maximum absolute atomic E-state index is 11.9. The Morgan fingerprint density at radius 3 is 2.43 bits per heavy atom. The van der Waals surface area contributed by atoms with Crippen LogP contribution in [0.5, 0.6) is 0 Å². The Morgan fingerprint density at radius 1 is 1.29 bits per heavy atom. The van der Waals surface area contributed by atoms with Gasteiger partial charge in [0.05, 0.1) is 9.82 Å². The number of rotatable bonds is 8. The van der Waals surface area contributed by atoms with Crippen LogP contribution in [0.1, 0.15) is 0 Å². The maximum Gasteiger partial charge on any atom is 0.269 e. The van der Waals surface area contributed by atoms with Gasteiger partial charge in [-0.2, -0.15) is 0 Å². The number of nitrogens with zero attached hydrogens (tertiary/aromatic N) is 1. The molecular weight excluding hydrogens is 302 g/mol. The zero-order valence-electron chi connectivity index (χ0n) is 11.2. The van der Waals surface area contributed by atoms with Crippen LogP contribution in [0, 0.1) is 10.1 Å². The van der Waals surface area contributed by atoms with Crippen LogP contribution in [-0.2, 0) is 19.6 Å². The third-order valence-electron chi connectivity index (χ3n) is 2.37. The van der Waals surface area contributed by atoms with Gasteiger partial charge in [-0.15, -0.1) is 0 Å². The van der Waals surface area contributed by atoms with Crippen molar-refractivity contribution in [2.45, 2.75) is 4.90 Å². The van der Waals surface area contributed by atoms with Crippen molar-refractivity contribution in [1.82, 2.24) is 10.0 Å². The van der Waals surface area contributed by atoms with Crippen LogP contribution in [0.25, 0.3) is 0 Å². The average Bonchev–Trinajstić information content (AvgIpc) is 2.44. The van der Waals surface area contributed by atoms with Crippen molar-refractivity contribution in [1.29, 1.82) is 0 Å². The zero-order chi connectivity index (χ0) is 15.9. The quantitative estimate of drug-likeness (QED) is 0.383. The van der Waals surface area contributed by atoms with E-state index >= 15 is 0 Å². The van der Waals surface area contributed by atoms with E-state index < -0.39 is 14.9 Å². The molecule has 1 amide bonds. The molecule has 0 aromatic heterocycles. The second kappa shape index (κ2) is 7.67. The Morgan fingerprint density at radius 2 is 1.90 bits per heavy atom. The number of hydrogen-bond acceptors (Lipinski definition) is 6. The van der Waals surface area contributed by atoms with Gasteiger partial charge in [-0.05, 0) is 12.1 Å². The van der Waals surface area contributed by atoms with Gasteiger partial charge in [-0.3, -0.25) is 14.9 Å². The first kappa shape index (κ1) is 17.0. The molecule has 1 aromatic rings. The van der Waals surface area contributed by atoms with E-state index in [0.29, 0.717) is 0 Å². The lowest BCUT2D eigenvalue weighted by Crippen LogP contribution is -2.36. The van der Waals surface area contributed by atoms with Crippen LogP contribution in [0.2, 0.25) is 0 Å². The Bertz CT molecular complexity index is 599. The number of benzene rings is 1. The second-order valence-electron chi connectivity index (χ2n) is 3.93. The third-order valence-corrected chi connectivity index (χ3v) is 3.85. The van der Waals surface area contributed by atoms with Gasteiger partial charge >= 0.3 is 0 Å². The van der Waals surface area contributed by atoms with Crippen LogP contribution in [0.3, 0.4) is 0 Å². The minimum atomic E-state index is -3.77. The molecule has 1 rings (SSSR count). The SMILES string of the molecule is COCC(=O)NCCNS(=O)(=O)c1ccc([N+](=O)[O-])cc1. The molecule has 0 aliphatic heterocycles. The molecule has 0 saturated heterocycles. The Labute approximate surface area is 121 Å². The highest BCUT2D eigenvalue weighted by Crippen LogP contribution is 2.15. The largest absolute Gasteiger partial charge is 0.375 e. The van der Waals surface area contributed by atoms with Gasteiger partial charge in [0.2, 0.25) is 15.9 Å². The summed E-state index contributed by atoms with van der Waals surface area (Å²) in [6.45, 7) is -0.00170. The van der Waals surface area contributed by atoms with Crippen molar-refractivity contribution in [3.8, 4) is 0 Å². The van der Waals surface area contributed by atoms with Gasteiger partial charge < -0.3 is 10.1 Å². The van der Waals surface area contributed by atoms with Gasteiger partial charge in [0.1, 0.15) is 6.61 Å². The summed E-state index contributed by atoms with van der Waals surface area (Å²) in [5.41, 5.74) is -0.194. The van der Waals surface area contributed by atoms with Gasteiger partial charge in [0.15, 0.2) is 0 Å². The molecule has 0 bridgehead atoms. The van der Waals surface area contributed by atoms with Crippen molar-refractivity contribution < 1.29 is 22.9 Å². The number of carbonyl (C=O) groups is 1. The van der Waals surface area contributed by atoms with Crippen LogP contribution >= 0.6 is 0 Å². The number of nitrogens with one attached hydrogen (secondary N) is 2. The van der Waals surface area contributed by atoms with Gasteiger partial charge in [-0.1, -0.05) is 0 Å². The summed E-state index contributed by atoms with van der Waals surface area (Å²) < 4.78 is 30.6. The molecule has 1 aromatic carbocycles. The van der Waals surface area contributed by atoms with E-state index in [2.05, 4.69) is 14.8 Å². The highest BCUT2D eigenvalue weighted by atomic mass is 32.2. The van der Waals surface area contributed by atoms with Crippen LogP contribution in [-0.4, -0.2) is 46.1 Å². The fraction of sp³-hybridized carbons (Fsp3) is 0.364. The zero-order valence-corrected chi connectivity index (χ0v) is 12.1. The van der Waals surface area contributed by atoms with E-state index in [-0.39, 0.29) is 36.2 Å². The van der Waals surface area contributed by atoms with E-state index in [9.17, 15) is 23.3 Å². The van der Waals surface area contributed by atoms with E-state index in [4.69, 9.17) is 0 Å². The van der Waals surface area contributed by atoms with Crippen molar-refractivity contribution in [2.75, 3.05) is 26.8 Å². The second-order valence-corrected chi connectivity index (χ2v) is 5.70. The summed E-state index contributed by atoms with van der Waals surface area (Å²) in [4.78, 5) is 20.8. The van der Waals surface area contributed by atoms with Crippen molar-refractivity contribution in [3.05, 3.63) is 34.4 Å². The molecule has 21 heavy (non-hydrogen) atoms. The molecule has 0 heterocycles. The maximum atomic E-state index is 11.9. The molecule has 0 saturated carbocycles. The standard InChI is InChI=1S/C11H15N3O6S/c1-20-8-11(15)12-6-7-13-21(18,19)10-4-2-9(3-5-10)14(16)17/h2-5,13H,6-8H2,1H3,(H,12,15). The molecule has 0 aliphatic carbocycles. The minimum absolute atomic E-state index is 0.00518. The fourth-order valence-electron chi connectivity index (χ4n) is 1.40. The van der Waals surface area contributed by atoms with E-state index in [1.807, 2.05) is 0 Å². The first-order valence-corrected chi connectivity index (χ1v) is 7.35. The van der Waals surface area contributed by atoms with Crippen molar-refractivity contribution in [3.63, 3.8) is 0 Å². The number of carbonyl (C=O) groups excluding carboxylic acids is 1. The topological polar surface area (TPSA) is 128 Å². The lowest BCUT2D eigenvalue weighted by atomic mass is 10.3. The summed E-state index contributed by atoms with van der Waals surface area (Å²) in [7, 11) is -2.40. The van der Waals surface area contributed by atoms with Crippen LogP contribution in [0.4, 0.5) is 5.69 Å². The summed E-state index contributed by atoms with van der Waals surface area (Å²) in [6.07, 6.45) is 0. The Hall–Kier alpha value is -2.04. The average molecular weight is 317 g/mol. The molecule has 2 N–H and O–H groups in total.